The van der Waals surface area contributed by atoms with Crippen LogP contribution < -0.4 is 0 Å². The molecule has 5 heteroatoms. The fourth-order valence-electron chi connectivity index (χ4n) is 1.74. The van der Waals surface area contributed by atoms with E-state index in [1.165, 1.54) is 22.7 Å². The van der Waals surface area contributed by atoms with Gasteiger partial charge >= 0.3 is 5.97 Å². The minimum atomic E-state index is -0.923. The van der Waals surface area contributed by atoms with Crippen molar-refractivity contribution in [3.05, 3.63) is 12.2 Å². The van der Waals surface area contributed by atoms with Gasteiger partial charge in [-0.05, 0) is 18.9 Å². The van der Waals surface area contributed by atoms with Gasteiger partial charge in [0.2, 0.25) is 5.91 Å². The number of thioether (sulfide) groups is 1. The number of aliphatic carboxylic acids is 1. The number of carbonyl (C=O) groups is 2. The van der Waals surface area contributed by atoms with Crippen molar-refractivity contribution < 1.29 is 14.7 Å². The van der Waals surface area contributed by atoms with Gasteiger partial charge in [0.25, 0.3) is 0 Å². The molecule has 1 heterocycles. The molecule has 1 aliphatic rings. The normalized spacial score (nSPS) is 25.6. The zero-order valence-electron chi connectivity index (χ0n) is 9.71. The van der Waals surface area contributed by atoms with Crippen LogP contribution in [0, 0.1) is 5.92 Å². The zero-order chi connectivity index (χ0) is 12.3. The summed E-state index contributed by atoms with van der Waals surface area (Å²) >= 11 is 1.54. The SMILES string of the molecule is CC=CC(=O)N1C(C(=O)O)CSC1C(C)C. The molecule has 1 saturated heterocycles. The van der Waals surface area contributed by atoms with Crippen LogP contribution in [0.25, 0.3) is 0 Å². The monoisotopic (exact) mass is 243 g/mol. The van der Waals surface area contributed by atoms with Gasteiger partial charge in [0, 0.05) is 5.75 Å². The van der Waals surface area contributed by atoms with Gasteiger partial charge in [-0.1, -0.05) is 19.9 Å². The molecule has 2 atom stereocenters. The highest BCUT2D eigenvalue weighted by Gasteiger charge is 2.41. The van der Waals surface area contributed by atoms with Gasteiger partial charge < -0.3 is 10.0 Å². The summed E-state index contributed by atoms with van der Waals surface area (Å²) in [6.45, 7) is 5.75. The van der Waals surface area contributed by atoms with Crippen molar-refractivity contribution in [1.29, 1.82) is 0 Å². The predicted octanol–water partition coefficient (Wildman–Crippen LogP) is 1.57. The van der Waals surface area contributed by atoms with Gasteiger partial charge in [0.1, 0.15) is 6.04 Å². The van der Waals surface area contributed by atoms with Crippen LogP contribution in [0.5, 0.6) is 0 Å². The molecule has 0 aliphatic carbocycles. The molecule has 1 N–H and O–H groups in total. The maximum atomic E-state index is 11.8. The van der Waals surface area contributed by atoms with E-state index >= 15 is 0 Å². The molecular weight excluding hydrogens is 226 g/mol. The summed E-state index contributed by atoms with van der Waals surface area (Å²) in [6.07, 6.45) is 3.07. The lowest BCUT2D eigenvalue weighted by atomic mass is 10.1. The van der Waals surface area contributed by atoms with E-state index in [0.29, 0.717) is 5.75 Å². The number of hydrogen-bond acceptors (Lipinski definition) is 3. The number of allylic oxidation sites excluding steroid dienone is 1. The van der Waals surface area contributed by atoms with Crippen LogP contribution in [0.15, 0.2) is 12.2 Å². The van der Waals surface area contributed by atoms with Gasteiger partial charge in [0.15, 0.2) is 0 Å². The average Bonchev–Trinajstić information content (AvgIpc) is 2.61. The Morgan fingerprint density at radius 1 is 1.50 bits per heavy atom. The smallest absolute Gasteiger partial charge is 0.327 e. The highest BCUT2D eigenvalue weighted by Crippen LogP contribution is 2.34. The van der Waals surface area contributed by atoms with Crippen molar-refractivity contribution in [2.24, 2.45) is 5.92 Å². The van der Waals surface area contributed by atoms with Gasteiger partial charge in [-0.15, -0.1) is 11.8 Å². The number of carboxylic acids is 1. The highest BCUT2D eigenvalue weighted by molar-refractivity contribution is 8.00. The van der Waals surface area contributed by atoms with Gasteiger partial charge in [-0.25, -0.2) is 4.79 Å². The number of carboxylic acid groups (broad SMARTS) is 1. The summed E-state index contributed by atoms with van der Waals surface area (Å²) in [7, 11) is 0. The lowest BCUT2D eigenvalue weighted by molar-refractivity contribution is -0.147. The minimum absolute atomic E-state index is 0.0372. The molecule has 0 aromatic carbocycles. The summed E-state index contributed by atoms with van der Waals surface area (Å²) < 4.78 is 0. The number of carbonyl (C=O) groups excluding carboxylic acids is 1. The van der Waals surface area contributed by atoms with Crippen molar-refractivity contribution in [1.82, 2.24) is 4.90 Å². The maximum absolute atomic E-state index is 11.8. The van der Waals surface area contributed by atoms with E-state index in [0.717, 1.165) is 0 Å². The second kappa shape index (κ2) is 5.39. The Balaban J connectivity index is 2.92. The quantitative estimate of drug-likeness (QED) is 0.764. The Morgan fingerprint density at radius 2 is 2.12 bits per heavy atom. The fraction of sp³-hybridized carbons (Fsp3) is 0.636. The van der Waals surface area contributed by atoms with Crippen LogP contribution in [0.2, 0.25) is 0 Å². The summed E-state index contributed by atoms with van der Waals surface area (Å²) in [5.41, 5.74) is 0. The molecule has 0 aromatic heterocycles. The third kappa shape index (κ3) is 2.58. The molecule has 90 valence electrons. The lowest BCUT2D eigenvalue weighted by Crippen LogP contribution is -2.46. The Labute approximate surface area is 99.7 Å². The molecular formula is C11H17NO3S. The summed E-state index contributed by atoms with van der Waals surface area (Å²) in [4.78, 5) is 24.4. The number of hydrogen-bond donors (Lipinski definition) is 1. The topological polar surface area (TPSA) is 57.6 Å². The molecule has 1 aliphatic heterocycles. The van der Waals surface area contributed by atoms with Crippen LogP contribution in [0.3, 0.4) is 0 Å². The minimum Gasteiger partial charge on any atom is -0.480 e. The van der Waals surface area contributed by atoms with Crippen molar-refractivity contribution >= 4 is 23.6 Å². The summed E-state index contributed by atoms with van der Waals surface area (Å²) in [5.74, 6) is -0.405. The fourth-order valence-corrected chi connectivity index (χ4v) is 3.22. The average molecular weight is 243 g/mol. The summed E-state index contributed by atoms with van der Waals surface area (Å²) in [5, 5.41) is 9.03. The van der Waals surface area contributed by atoms with E-state index in [1.807, 2.05) is 13.8 Å². The second-order valence-corrected chi connectivity index (χ2v) is 5.22. The van der Waals surface area contributed by atoms with E-state index in [1.54, 1.807) is 13.0 Å². The Morgan fingerprint density at radius 3 is 2.56 bits per heavy atom. The van der Waals surface area contributed by atoms with Crippen LogP contribution >= 0.6 is 11.8 Å². The molecule has 16 heavy (non-hydrogen) atoms. The first-order chi connectivity index (χ1) is 7.49. The van der Waals surface area contributed by atoms with Gasteiger partial charge in [-0.3, -0.25) is 4.79 Å². The van der Waals surface area contributed by atoms with Gasteiger partial charge in [0.05, 0.1) is 5.37 Å². The molecule has 0 bridgehead atoms. The first kappa shape index (κ1) is 13.1. The largest absolute Gasteiger partial charge is 0.480 e. The van der Waals surface area contributed by atoms with E-state index in [4.69, 9.17) is 5.11 Å². The highest BCUT2D eigenvalue weighted by atomic mass is 32.2. The lowest BCUT2D eigenvalue weighted by Gasteiger charge is -2.28. The van der Waals surface area contributed by atoms with Gasteiger partial charge in [-0.2, -0.15) is 0 Å². The molecule has 1 amide bonds. The maximum Gasteiger partial charge on any atom is 0.327 e. The second-order valence-electron chi connectivity index (χ2n) is 4.07. The Kier molecular flexibility index (Phi) is 4.41. The predicted molar refractivity (Wildman–Crippen MR) is 64.2 cm³/mol. The van der Waals surface area contributed by atoms with E-state index in [9.17, 15) is 9.59 Å². The summed E-state index contributed by atoms with van der Waals surface area (Å²) in [6, 6.07) is -0.693. The van der Waals surface area contributed by atoms with Crippen LogP contribution in [0.4, 0.5) is 0 Å². The first-order valence-electron chi connectivity index (χ1n) is 5.28. The van der Waals surface area contributed by atoms with Crippen molar-refractivity contribution in [2.45, 2.75) is 32.2 Å². The van der Waals surface area contributed by atoms with E-state index in [2.05, 4.69) is 0 Å². The molecule has 0 aromatic rings. The molecule has 1 rings (SSSR count). The Bertz CT molecular complexity index is 314. The van der Waals surface area contributed by atoms with Crippen molar-refractivity contribution in [3.63, 3.8) is 0 Å². The molecule has 2 unspecified atom stereocenters. The van der Waals surface area contributed by atoms with E-state index < -0.39 is 12.0 Å². The zero-order valence-corrected chi connectivity index (χ0v) is 10.5. The van der Waals surface area contributed by atoms with Crippen LogP contribution in [-0.4, -0.2) is 39.1 Å². The standard InChI is InChI=1S/C11H17NO3S/c1-4-5-9(13)12-8(11(14)15)6-16-10(12)7(2)3/h4-5,7-8,10H,6H2,1-3H3,(H,14,15). The number of nitrogens with zero attached hydrogens (tertiary/aromatic N) is 1. The molecule has 1 fully saturated rings. The third-order valence-electron chi connectivity index (χ3n) is 2.45. The molecule has 4 nitrogen and oxygen atoms in total. The number of amides is 1. The molecule has 0 spiro atoms. The first-order valence-corrected chi connectivity index (χ1v) is 6.33. The molecule has 0 radical (unpaired) electrons. The van der Waals surface area contributed by atoms with Crippen LogP contribution in [0.1, 0.15) is 20.8 Å². The number of rotatable bonds is 3. The van der Waals surface area contributed by atoms with Crippen LogP contribution in [-0.2, 0) is 9.59 Å². The van der Waals surface area contributed by atoms with Crippen molar-refractivity contribution in [3.8, 4) is 0 Å². The third-order valence-corrected chi connectivity index (χ3v) is 4.08. The van der Waals surface area contributed by atoms with Crippen molar-refractivity contribution in [2.75, 3.05) is 5.75 Å². The molecule has 0 saturated carbocycles. The Hall–Kier alpha value is -0.970. The van der Waals surface area contributed by atoms with E-state index in [-0.39, 0.29) is 17.2 Å².